The lowest BCUT2D eigenvalue weighted by molar-refractivity contribution is 0.184. The van der Waals surface area contributed by atoms with Gasteiger partial charge in [0.05, 0.1) is 6.61 Å². The van der Waals surface area contributed by atoms with E-state index < -0.39 is 0 Å². The monoisotopic (exact) mass is 287 g/mol. The van der Waals surface area contributed by atoms with Crippen LogP contribution in [0, 0.1) is 0 Å². The highest BCUT2D eigenvalue weighted by atomic mass is 16.5. The molecular formula is C16H21N3O2. The van der Waals surface area contributed by atoms with Gasteiger partial charge in [0.25, 0.3) is 5.56 Å². The van der Waals surface area contributed by atoms with E-state index in [0.29, 0.717) is 19.0 Å². The fourth-order valence-corrected chi connectivity index (χ4v) is 2.16. The molecule has 5 nitrogen and oxygen atoms in total. The van der Waals surface area contributed by atoms with Crippen molar-refractivity contribution in [3.8, 4) is 0 Å². The minimum absolute atomic E-state index is 0.100. The molecule has 1 aromatic carbocycles. The molecule has 0 fully saturated rings. The lowest BCUT2D eigenvalue weighted by atomic mass is 10.1. The molecule has 0 saturated carbocycles. The molecule has 0 aliphatic heterocycles. The van der Waals surface area contributed by atoms with Crippen LogP contribution in [0.1, 0.15) is 31.0 Å². The summed E-state index contributed by atoms with van der Waals surface area (Å²) in [6.45, 7) is 5.04. The molecule has 2 rings (SSSR count). The van der Waals surface area contributed by atoms with Crippen LogP contribution in [0.3, 0.4) is 0 Å². The number of aromatic nitrogens is 2. The summed E-state index contributed by atoms with van der Waals surface area (Å²) in [6, 6.07) is 8.10. The Bertz CT molecular complexity index is 650. The number of hydrogen-bond acceptors (Lipinski definition) is 4. The fraction of sp³-hybridized carbons (Fsp3) is 0.375. The first-order valence-electron chi connectivity index (χ1n) is 7.00. The molecule has 5 heteroatoms. The zero-order valence-corrected chi connectivity index (χ0v) is 12.7. The maximum Gasteiger partial charge on any atom is 0.293 e. The first-order valence-corrected chi connectivity index (χ1v) is 7.00. The van der Waals surface area contributed by atoms with Crippen molar-refractivity contribution in [1.29, 1.82) is 0 Å². The molecule has 21 heavy (non-hydrogen) atoms. The van der Waals surface area contributed by atoms with Crippen LogP contribution in [-0.2, 0) is 17.9 Å². The molecule has 0 spiro atoms. The van der Waals surface area contributed by atoms with E-state index >= 15 is 0 Å². The summed E-state index contributed by atoms with van der Waals surface area (Å²) in [6.07, 6.45) is 3.35. The van der Waals surface area contributed by atoms with Gasteiger partial charge >= 0.3 is 0 Å². The normalized spacial score (nSPS) is 10.9. The lowest BCUT2D eigenvalue weighted by Crippen LogP contribution is -2.25. The molecule has 0 radical (unpaired) electrons. The zero-order chi connectivity index (χ0) is 15.2. The number of nitrogens with one attached hydrogen (secondary N) is 1. The SMILES string of the molecule is COCc1ccccc1CNc1nccn(C(C)C)c1=O. The highest BCUT2D eigenvalue weighted by molar-refractivity contribution is 5.35. The number of anilines is 1. The molecule has 1 heterocycles. The minimum atomic E-state index is -0.100. The summed E-state index contributed by atoms with van der Waals surface area (Å²) in [5, 5.41) is 3.12. The quantitative estimate of drug-likeness (QED) is 0.887. The Balaban J connectivity index is 2.17. The van der Waals surface area contributed by atoms with Gasteiger partial charge in [-0.2, -0.15) is 0 Å². The molecular weight excluding hydrogens is 266 g/mol. The Kier molecular flexibility index (Phi) is 5.11. The molecule has 0 aliphatic rings. The molecule has 0 saturated heterocycles. The van der Waals surface area contributed by atoms with Gasteiger partial charge in [-0.3, -0.25) is 4.79 Å². The fourth-order valence-electron chi connectivity index (χ4n) is 2.16. The second-order valence-electron chi connectivity index (χ2n) is 5.14. The van der Waals surface area contributed by atoms with E-state index in [-0.39, 0.29) is 11.6 Å². The van der Waals surface area contributed by atoms with E-state index in [4.69, 9.17) is 4.74 Å². The predicted molar refractivity (Wildman–Crippen MR) is 83.4 cm³/mol. The van der Waals surface area contributed by atoms with E-state index in [0.717, 1.165) is 11.1 Å². The van der Waals surface area contributed by atoms with Crippen LogP contribution in [-0.4, -0.2) is 16.7 Å². The standard InChI is InChI=1S/C16H21N3O2/c1-12(2)19-9-8-17-15(16(19)20)18-10-13-6-4-5-7-14(13)11-21-3/h4-9,12H,10-11H2,1-3H3,(H,17,18). The third-order valence-electron chi connectivity index (χ3n) is 3.29. The summed E-state index contributed by atoms with van der Waals surface area (Å²) < 4.78 is 6.85. The summed E-state index contributed by atoms with van der Waals surface area (Å²) >= 11 is 0. The van der Waals surface area contributed by atoms with Crippen molar-refractivity contribution in [2.24, 2.45) is 0 Å². The number of benzene rings is 1. The highest BCUT2D eigenvalue weighted by Crippen LogP contribution is 2.11. The van der Waals surface area contributed by atoms with E-state index in [1.165, 1.54) is 0 Å². The molecule has 0 unspecified atom stereocenters. The molecule has 0 amide bonds. The Labute approximate surface area is 124 Å². The Morgan fingerprint density at radius 2 is 2.00 bits per heavy atom. The maximum absolute atomic E-state index is 12.3. The second kappa shape index (κ2) is 7.04. The van der Waals surface area contributed by atoms with Gasteiger partial charge in [-0.15, -0.1) is 0 Å². The van der Waals surface area contributed by atoms with Crippen molar-refractivity contribution >= 4 is 5.82 Å². The van der Waals surface area contributed by atoms with Crippen LogP contribution in [0.2, 0.25) is 0 Å². The Hall–Kier alpha value is -2.14. The van der Waals surface area contributed by atoms with E-state index in [9.17, 15) is 4.79 Å². The summed E-state index contributed by atoms with van der Waals surface area (Å²) in [7, 11) is 1.67. The molecule has 0 atom stereocenters. The van der Waals surface area contributed by atoms with Gasteiger partial charge in [0.15, 0.2) is 5.82 Å². The highest BCUT2D eigenvalue weighted by Gasteiger charge is 2.08. The number of rotatable bonds is 6. The minimum Gasteiger partial charge on any atom is -0.380 e. The van der Waals surface area contributed by atoms with E-state index in [1.54, 1.807) is 24.1 Å². The summed E-state index contributed by atoms with van der Waals surface area (Å²) in [5.41, 5.74) is 2.10. The third kappa shape index (κ3) is 3.70. The van der Waals surface area contributed by atoms with Gasteiger partial charge in [-0.1, -0.05) is 24.3 Å². The number of hydrogen-bond donors (Lipinski definition) is 1. The van der Waals surface area contributed by atoms with Crippen molar-refractivity contribution in [3.63, 3.8) is 0 Å². The number of methoxy groups -OCH3 is 1. The zero-order valence-electron chi connectivity index (χ0n) is 12.7. The first kappa shape index (κ1) is 15.3. The molecule has 1 aromatic heterocycles. The Morgan fingerprint density at radius 3 is 2.67 bits per heavy atom. The average molecular weight is 287 g/mol. The van der Waals surface area contributed by atoms with E-state index in [1.807, 2.05) is 38.1 Å². The molecule has 112 valence electrons. The molecule has 2 aromatic rings. The largest absolute Gasteiger partial charge is 0.380 e. The van der Waals surface area contributed by atoms with Gasteiger partial charge in [0.2, 0.25) is 0 Å². The van der Waals surface area contributed by atoms with Gasteiger partial charge in [-0.25, -0.2) is 4.98 Å². The van der Waals surface area contributed by atoms with Crippen LogP contribution < -0.4 is 10.9 Å². The number of nitrogens with zero attached hydrogens (tertiary/aromatic N) is 2. The number of ether oxygens (including phenoxy) is 1. The third-order valence-corrected chi connectivity index (χ3v) is 3.29. The first-order chi connectivity index (χ1) is 10.1. The van der Waals surface area contributed by atoms with Crippen molar-refractivity contribution in [2.75, 3.05) is 12.4 Å². The van der Waals surface area contributed by atoms with Gasteiger partial charge in [-0.05, 0) is 25.0 Å². The van der Waals surface area contributed by atoms with Gasteiger partial charge in [0, 0.05) is 32.1 Å². The predicted octanol–water partition coefficient (Wildman–Crippen LogP) is 2.58. The van der Waals surface area contributed by atoms with Gasteiger partial charge < -0.3 is 14.6 Å². The molecule has 0 bridgehead atoms. The summed E-state index contributed by atoms with van der Waals surface area (Å²) in [4.78, 5) is 16.4. The van der Waals surface area contributed by atoms with Crippen LogP contribution in [0.4, 0.5) is 5.82 Å². The second-order valence-corrected chi connectivity index (χ2v) is 5.14. The van der Waals surface area contributed by atoms with Crippen LogP contribution in [0.15, 0.2) is 41.5 Å². The van der Waals surface area contributed by atoms with E-state index in [2.05, 4.69) is 10.3 Å². The van der Waals surface area contributed by atoms with Crippen molar-refractivity contribution in [1.82, 2.24) is 9.55 Å². The van der Waals surface area contributed by atoms with Crippen LogP contribution >= 0.6 is 0 Å². The van der Waals surface area contributed by atoms with Gasteiger partial charge in [0.1, 0.15) is 0 Å². The topological polar surface area (TPSA) is 56.1 Å². The van der Waals surface area contributed by atoms with Crippen LogP contribution in [0.5, 0.6) is 0 Å². The lowest BCUT2D eigenvalue weighted by Gasteiger charge is -2.13. The van der Waals surface area contributed by atoms with Crippen molar-refractivity contribution in [3.05, 3.63) is 58.1 Å². The smallest absolute Gasteiger partial charge is 0.293 e. The van der Waals surface area contributed by atoms with Crippen LogP contribution in [0.25, 0.3) is 0 Å². The average Bonchev–Trinajstić information content (AvgIpc) is 2.47. The van der Waals surface area contributed by atoms with Crippen molar-refractivity contribution in [2.45, 2.75) is 33.0 Å². The van der Waals surface area contributed by atoms with Crippen molar-refractivity contribution < 1.29 is 4.74 Å². The molecule has 1 N–H and O–H groups in total. The molecule has 0 aliphatic carbocycles. The Morgan fingerprint density at radius 1 is 1.29 bits per heavy atom. The maximum atomic E-state index is 12.3. The summed E-state index contributed by atoms with van der Waals surface area (Å²) in [5.74, 6) is 0.374.